The summed E-state index contributed by atoms with van der Waals surface area (Å²) in [7, 11) is 0. The van der Waals surface area contributed by atoms with Crippen LogP contribution in [0.5, 0.6) is 0 Å². The normalized spacial score (nSPS) is 14.9. The van der Waals surface area contributed by atoms with Gasteiger partial charge < -0.3 is 5.32 Å². The van der Waals surface area contributed by atoms with Gasteiger partial charge in [-0.1, -0.05) is 28.8 Å². The highest BCUT2D eigenvalue weighted by Gasteiger charge is 2.22. The van der Waals surface area contributed by atoms with E-state index in [0.29, 0.717) is 11.6 Å². The first-order valence-electron chi connectivity index (χ1n) is 8.46. The predicted molar refractivity (Wildman–Crippen MR) is 99.2 cm³/mol. The molecule has 0 spiro atoms. The zero-order valence-corrected chi connectivity index (χ0v) is 15.4. The van der Waals surface area contributed by atoms with Crippen LogP contribution in [-0.4, -0.2) is 15.7 Å². The molecule has 1 aromatic heterocycles. The van der Waals surface area contributed by atoms with Gasteiger partial charge in [-0.3, -0.25) is 9.48 Å². The second-order valence-corrected chi connectivity index (χ2v) is 7.41. The van der Waals surface area contributed by atoms with E-state index in [4.69, 9.17) is 0 Å². The summed E-state index contributed by atoms with van der Waals surface area (Å²) in [6, 6.07) is 7.29. The number of amides is 1. The number of aromatic nitrogens is 2. The van der Waals surface area contributed by atoms with E-state index in [0.717, 1.165) is 40.4 Å². The minimum Gasteiger partial charge on any atom is -0.322 e. The number of nitrogens with zero attached hydrogens (tertiary/aromatic N) is 2. The Hall–Kier alpha value is -2.28. The number of hydrogen-bond acceptors (Lipinski definition) is 2. The van der Waals surface area contributed by atoms with Crippen LogP contribution in [0.25, 0.3) is 10.9 Å². The maximum absolute atomic E-state index is 13.4. The average molecular weight is 420 g/mol. The monoisotopic (exact) mass is 419 g/mol. The number of anilines is 1. The Morgan fingerprint density at radius 1 is 1.15 bits per heavy atom. The van der Waals surface area contributed by atoms with Gasteiger partial charge in [-0.2, -0.15) is 5.10 Å². The second kappa shape index (κ2) is 6.79. The smallest absolute Gasteiger partial charge is 0.256 e. The lowest BCUT2D eigenvalue weighted by Gasteiger charge is -2.12. The van der Waals surface area contributed by atoms with Crippen molar-refractivity contribution >= 4 is 38.4 Å². The Morgan fingerprint density at radius 2 is 1.92 bits per heavy atom. The van der Waals surface area contributed by atoms with Crippen LogP contribution >= 0.6 is 15.9 Å². The lowest BCUT2D eigenvalue weighted by atomic mass is 10.1. The van der Waals surface area contributed by atoms with Gasteiger partial charge in [0.1, 0.15) is 0 Å². The molecule has 1 N–H and O–H groups in total. The molecule has 0 saturated heterocycles. The number of carbonyl (C=O) groups is 1. The summed E-state index contributed by atoms with van der Waals surface area (Å²) in [5.41, 5.74) is 1.52. The van der Waals surface area contributed by atoms with Crippen LogP contribution in [0, 0.1) is 11.6 Å². The third kappa shape index (κ3) is 3.11. The molecule has 4 rings (SSSR count). The molecule has 4 nitrogen and oxygen atoms in total. The molecule has 1 fully saturated rings. The van der Waals surface area contributed by atoms with Crippen LogP contribution in [0.4, 0.5) is 14.5 Å². The molecule has 1 aliphatic carbocycles. The van der Waals surface area contributed by atoms with E-state index in [1.807, 2.05) is 10.7 Å². The van der Waals surface area contributed by atoms with Crippen molar-refractivity contribution in [2.24, 2.45) is 0 Å². The number of halogens is 3. The van der Waals surface area contributed by atoms with E-state index >= 15 is 0 Å². The van der Waals surface area contributed by atoms with Gasteiger partial charge in [0.25, 0.3) is 5.91 Å². The fraction of sp³-hybridized carbons (Fsp3) is 0.263. The Balaban J connectivity index is 1.71. The lowest BCUT2D eigenvalue weighted by Crippen LogP contribution is -2.13. The highest BCUT2D eigenvalue weighted by atomic mass is 79.9. The first-order chi connectivity index (χ1) is 12.5. The fourth-order valence-corrected chi connectivity index (χ4v) is 3.96. The Kier molecular flexibility index (Phi) is 4.48. The molecule has 1 saturated carbocycles. The molecule has 0 bridgehead atoms. The first-order valence-corrected chi connectivity index (χ1v) is 9.25. The molecule has 3 aromatic rings. The minimum absolute atomic E-state index is 0.199. The molecule has 134 valence electrons. The summed E-state index contributed by atoms with van der Waals surface area (Å²) in [5.74, 6) is -2.35. The molecule has 1 heterocycles. The molecule has 2 aromatic carbocycles. The Labute approximate surface area is 157 Å². The number of benzene rings is 2. The predicted octanol–water partition coefficient (Wildman–Crippen LogP) is 5.44. The molecule has 1 aliphatic rings. The van der Waals surface area contributed by atoms with Crippen LogP contribution in [-0.2, 0) is 0 Å². The quantitative estimate of drug-likeness (QED) is 0.613. The van der Waals surface area contributed by atoms with Crippen molar-refractivity contribution in [2.45, 2.75) is 31.7 Å². The molecule has 7 heteroatoms. The molecule has 0 unspecified atom stereocenters. The van der Waals surface area contributed by atoms with Crippen molar-refractivity contribution < 1.29 is 13.6 Å². The summed E-state index contributed by atoms with van der Waals surface area (Å²) in [6.07, 6.45) is 6.23. The lowest BCUT2D eigenvalue weighted by molar-refractivity contribution is 0.102. The highest BCUT2D eigenvalue weighted by molar-refractivity contribution is 9.10. The van der Waals surface area contributed by atoms with Gasteiger partial charge in [0.2, 0.25) is 0 Å². The minimum atomic E-state index is -1.00. The van der Waals surface area contributed by atoms with Gasteiger partial charge in [0.05, 0.1) is 23.3 Å². The Bertz CT molecular complexity index is 996. The number of fused-ring (bicyclic) bond motifs is 1. The zero-order valence-electron chi connectivity index (χ0n) is 13.8. The van der Waals surface area contributed by atoms with E-state index in [2.05, 4.69) is 26.3 Å². The number of hydrogen-bond donors (Lipinski definition) is 1. The van der Waals surface area contributed by atoms with Crippen molar-refractivity contribution in [2.75, 3.05) is 5.32 Å². The van der Waals surface area contributed by atoms with Crippen molar-refractivity contribution in [1.82, 2.24) is 9.78 Å². The molecular formula is C19H16BrF2N3O. The number of rotatable bonds is 3. The standard InChI is InChI=1S/C19H16BrF2N3O/c20-11-7-14(19(26)24-12-5-6-16(21)17(22)9-12)15-10-23-25(18(15)8-11)13-3-1-2-4-13/h5-10,13H,1-4H2,(H,24,26). The average Bonchev–Trinajstić information content (AvgIpc) is 3.26. The van der Waals surface area contributed by atoms with Crippen LogP contribution in [0.2, 0.25) is 0 Å². The van der Waals surface area contributed by atoms with Crippen LogP contribution in [0.1, 0.15) is 42.1 Å². The van der Waals surface area contributed by atoms with Crippen molar-refractivity contribution in [3.05, 3.63) is 58.2 Å². The third-order valence-electron chi connectivity index (χ3n) is 4.77. The fourth-order valence-electron chi connectivity index (χ4n) is 3.51. The largest absolute Gasteiger partial charge is 0.322 e. The van der Waals surface area contributed by atoms with Gasteiger partial charge in [-0.25, -0.2) is 8.78 Å². The molecule has 0 aliphatic heterocycles. The molecule has 26 heavy (non-hydrogen) atoms. The van der Waals surface area contributed by atoms with Crippen molar-refractivity contribution in [1.29, 1.82) is 0 Å². The molecular weight excluding hydrogens is 404 g/mol. The van der Waals surface area contributed by atoms with E-state index in [-0.39, 0.29) is 5.69 Å². The van der Waals surface area contributed by atoms with Crippen LogP contribution in [0.3, 0.4) is 0 Å². The SMILES string of the molecule is O=C(Nc1ccc(F)c(F)c1)c1cc(Br)cc2c1cnn2C1CCCC1. The topological polar surface area (TPSA) is 46.9 Å². The van der Waals surface area contributed by atoms with Crippen molar-refractivity contribution in [3.63, 3.8) is 0 Å². The maximum atomic E-state index is 13.4. The van der Waals surface area contributed by atoms with E-state index in [1.165, 1.54) is 18.9 Å². The van der Waals surface area contributed by atoms with E-state index < -0.39 is 17.5 Å². The summed E-state index contributed by atoms with van der Waals surface area (Å²) >= 11 is 3.45. The molecule has 0 atom stereocenters. The van der Waals surface area contributed by atoms with Crippen LogP contribution < -0.4 is 5.32 Å². The third-order valence-corrected chi connectivity index (χ3v) is 5.23. The highest BCUT2D eigenvalue weighted by Crippen LogP contribution is 2.34. The van der Waals surface area contributed by atoms with Crippen LogP contribution in [0.15, 0.2) is 41.0 Å². The van der Waals surface area contributed by atoms with E-state index in [1.54, 1.807) is 12.3 Å². The van der Waals surface area contributed by atoms with Crippen molar-refractivity contribution in [3.8, 4) is 0 Å². The maximum Gasteiger partial charge on any atom is 0.256 e. The van der Waals surface area contributed by atoms with E-state index in [9.17, 15) is 13.6 Å². The molecule has 1 amide bonds. The van der Waals surface area contributed by atoms with Gasteiger partial charge in [-0.05, 0) is 37.1 Å². The second-order valence-electron chi connectivity index (χ2n) is 6.50. The summed E-state index contributed by atoms with van der Waals surface area (Å²) in [6.45, 7) is 0. The summed E-state index contributed by atoms with van der Waals surface area (Å²) < 4.78 is 29.2. The molecule has 0 radical (unpaired) electrons. The van der Waals surface area contributed by atoms with Gasteiger partial charge in [0, 0.05) is 21.6 Å². The zero-order chi connectivity index (χ0) is 18.3. The van der Waals surface area contributed by atoms with Gasteiger partial charge in [0.15, 0.2) is 11.6 Å². The van der Waals surface area contributed by atoms with Gasteiger partial charge >= 0.3 is 0 Å². The summed E-state index contributed by atoms with van der Waals surface area (Å²) in [5, 5.41) is 7.86. The first kappa shape index (κ1) is 17.1. The van der Waals surface area contributed by atoms with Gasteiger partial charge in [-0.15, -0.1) is 0 Å². The number of nitrogens with one attached hydrogen (secondary N) is 1. The summed E-state index contributed by atoms with van der Waals surface area (Å²) in [4.78, 5) is 12.7. The Morgan fingerprint density at radius 3 is 2.65 bits per heavy atom. The number of carbonyl (C=O) groups excluding carboxylic acids is 1.